The van der Waals surface area contributed by atoms with E-state index >= 15 is 0 Å². The Kier molecular flexibility index (Phi) is 5.93. The van der Waals surface area contributed by atoms with Crippen LogP contribution in [-0.4, -0.2) is 52.4 Å². The van der Waals surface area contributed by atoms with Gasteiger partial charge in [-0.3, -0.25) is 23.9 Å². The average molecular weight is 370 g/mol. The molecule has 1 N–H and O–H groups in total. The average Bonchev–Trinajstić information content (AvgIpc) is 2.85. The number of aromatic amines is 1. The van der Waals surface area contributed by atoms with Gasteiger partial charge in [-0.2, -0.15) is 0 Å². The van der Waals surface area contributed by atoms with Crippen LogP contribution in [0.15, 0.2) is 21.9 Å². The highest BCUT2D eigenvalue weighted by Gasteiger charge is 2.54. The molecule has 1 aromatic heterocycles. The van der Waals surface area contributed by atoms with Crippen LogP contribution in [0.3, 0.4) is 0 Å². The van der Waals surface area contributed by atoms with Gasteiger partial charge in [-0.05, 0) is 6.92 Å². The zero-order valence-corrected chi connectivity index (χ0v) is 14.3. The molecule has 1 fully saturated rings. The SMILES string of the molecule is CCOC(=O)[C@H]1O[C@@H](n2ccc(=O)[nH]c2=O)[C@H](OC(C)=O)[C@@H]1OC(C)=O. The van der Waals surface area contributed by atoms with Crippen LogP contribution in [0.1, 0.15) is 27.0 Å². The van der Waals surface area contributed by atoms with Crippen molar-refractivity contribution in [2.24, 2.45) is 0 Å². The van der Waals surface area contributed by atoms with Crippen LogP contribution in [0.2, 0.25) is 0 Å². The lowest BCUT2D eigenvalue weighted by Crippen LogP contribution is -2.43. The summed E-state index contributed by atoms with van der Waals surface area (Å²) < 4.78 is 21.6. The third-order valence-corrected chi connectivity index (χ3v) is 3.44. The first-order chi connectivity index (χ1) is 12.2. The summed E-state index contributed by atoms with van der Waals surface area (Å²) in [5, 5.41) is 0. The van der Waals surface area contributed by atoms with Crippen LogP contribution in [0.5, 0.6) is 0 Å². The number of hydrogen-bond acceptors (Lipinski definition) is 9. The molecule has 2 heterocycles. The molecule has 142 valence electrons. The third-order valence-electron chi connectivity index (χ3n) is 3.44. The Morgan fingerprint density at radius 3 is 2.31 bits per heavy atom. The van der Waals surface area contributed by atoms with Gasteiger partial charge in [-0.25, -0.2) is 9.59 Å². The number of rotatable bonds is 5. The van der Waals surface area contributed by atoms with E-state index in [0.717, 1.165) is 30.7 Å². The minimum atomic E-state index is -1.42. The first kappa shape index (κ1) is 19.4. The molecule has 0 unspecified atom stereocenters. The van der Waals surface area contributed by atoms with Crippen molar-refractivity contribution in [3.05, 3.63) is 33.1 Å². The van der Waals surface area contributed by atoms with Crippen molar-refractivity contribution in [3.8, 4) is 0 Å². The summed E-state index contributed by atoms with van der Waals surface area (Å²) in [6.07, 6.45) is -4.27. The molecule has 0 radical (unpaired) electrons. The molecule has 26 heavy (non-hydrogen) atoms. The normalized spacial score (nSPS) is 24.7. The summed E-state index contributed by atoms with van der Waals surface area (Å²) in [7, 11) is 0. The first-order valence-electron chi connectivity index (χ1n) is 7.72. The molecule has 0 bridgehead atoms. The Morgan fingerprint density at radius 2 is 1.77 bits per heavy atom. The highest BCUT2D eigenvalue weighted by molar-refractivity contribution is 5.77. The number of carbonyl (C=O) groups excluding carboxylic acids is 3. The van der Waals surface area contributed by atoms with E-state index < -0.39 is 53.7 Å². The lowest BCUT2D eigenvalue weighted by atomic mass is 10.1. The van der Waals surface area contributed by atoms with E-state index in [0.29, 0.717) is 0 Å². The summed E-state index contributed by atoms with van der Waals surface area (Å²) in [4.78, 5) is 60.4. The Labute approximate surface area is 146 Å². The quantitative estimate of drug-likeness (QED) is 0.502. The third kappa shape index (κ3) is 4.17. The standard InChI is InChI=1S/C15H18N2O9/c1-4-23-14(21)12-10(24-7(2)18)11(25-8(3)19)13(26-12)17-6-5-9(20)16-15(17)22/h5-6,10-13H,4H2,1-3H3,(H,16,20,22)/t10-,11+,12-,13+/m0/s1. The fourth-order valence-electron chi connectivity index (χ4n) is 2.54. The number of hydrogen-bond donors (Lipinski definition) is 1. The van der Waals surface area contributed by atoms with Gasteiger partial charge in [-0.15, -0.1) is 0 Å². The lowest BCUT2D eigenvalue weighted by Gasteiger charge is -2.23. The number of H-pyrrole nitrogens is 1. The molecule has 0 aromatic carbocycles. The predicted octanol–water partition coefficient (Wildman–Crippen LogP) is -1.14. The van der Waals surface area contributed by atoms with E-state index in [4.69, 9.17) is 18.9 Å². The molecular weight excluding hydrogens is 352 g/mol. The summed E-state index contributed by atoms with van der Waals surface area (Å²) >= 11 is 0. The van der Waals surface area contributed by atoms with Crippen LogP contribution in [0.4, 0.5) is 0 Å². The molecule has 1 saturated heterocycles. The van der Waals surface area contributed by atoms with Crippen molar-refractivity contribution >= 4 is 17.9 Å². The molecule has 4 atom stereocenters. The largest absolute Gasteiger partial charge is 0.464 e. The molecule has 1 aliphatic rings. The maximum atomic E-state index is 12.2. The molecule has 1 aliphatic heterocycles. The number of aromatic nitrogens is 2. The van der Waals surface area contributed by atoms with Gasteiger partial charge in [0.2, 0.25) is 0 Å². The fourth-order valence-corrected chi connectivity index (χ4v) is 2.54. The van der Waals surface area contributed by atoms with Crippen LogP contribution in [-0.2, 0) is 33.3 Å². The van der Waals surface area contributed by atoms with E-state index in [9.17, 15) is 24.0 Å². The minimum Gasteiger partial charge on any atom is -0.464 e. The molecular formula is C15H18N2O9. The van der Waals surface area contributed by atoms with Crippen molar-refractivity contribution in [3.63, 3.8) is 0 Å². The van der Waals surface area contributed by atoms with Gasteiger partial charge in [0.25, 0.3) is 5.56 Å². The first-order valence-corrected chi connectivity index (χ1v) is 7.72. The molecule has 0 saturated carbocycles. The highest BCUT2D eigenvalue weighted by Crippen LogP contribution is 2.33. The van der Waals surface area contributed by atoms with E-state index in [2.05, 4.69) is 0 Å². The van der Waals surface area contributed by atoms with Gasteiger partial charge >= 0.3 is 23.6 Å². The maximum Gasteiger partial charge on any atom is 0.339 e. The fraction of sp³-hybridized carbons (Fsp3) is 0.533. The second-order valence-electron chi connectivity index (χ2n) is 5.36. The van der Waals surface area contributed by atoms with Crippen LogP contribution in [0.25, 0.3) is 0 Å². The summed E-state index contributed by atoms with van der Waals surface area (Å²) in [6, 6.07) is 1.05. The van der Waals surface area contributed by atoms with Gasteiger partial charge in [0.05, 0.1) is 6.61 Å². The zero-order valence-electron chi connectivity index (χ0n) is 14.3. The summed E-state index contributed by atoms with van der Waals surface area (Å²) in [5.74, 6) is -2.35. The van der Waals surface area contributed by atoms with Crippen molar-refractivity contribution in [2.45, 2.75) is 45.3 Å². The van der Waals surface area contributed by atoms with Crippen molar-refractivity contribution in [2.75, 3.05) is 6.61 Å². The zero-order chi connectivity index (χ0) is 19.4. The molecule has 0 aliphatic carbocycles. The summed E-state index contributed by atoms with van der Waals surface area (Å²) in [5.41, 5.74) is -1.50. The molecule has 11 nitrogen and oxygen atoms in total. The molecule has 2 rings (SSSR count). The van der Waals surface area contributed by atoms with Gasteiger partial charge in [-0.1, -0.05) is 0 Å². The number of esters is 3. The van der Waals surface area contributed by atoms with Crippen molar-refractivity contribution in [1.29, 1.82) is 0 Å². The smallest absolute Gasteiger partial charge is 0.339 e. The van der Waals surface area contributed by atoms with Crippen molar-refractivity contribution in [1.82, 2.24) is 9.55 Å². The number of nitrogens with one attached hydrogen (secondary N) is 1. The van der Waals surface area contributed by atoms with Gasteiger partial charge < -0.3 is 18.9 Å². The van der Waals surface area contributed by atoms with E-state index in [1.807, 2.05) is 4.98 Å². The van der Waals surface area contributed by atoms with Gasteiger partial charge in [0.1, 0.15) is 0 Å². The van der Waals surface area contributed by atoms with Crippen LogP contribution >= 0.6 is 0 Å². The number of carbonyl (C=O) groups is 3. The molecule has 0 amide bonds. The monoisotopic (exact) mass is 370 g/mol. The van der Waals surface area contributed by atoms with Crippen molar-refractivity contribution < 1.29 is 33.3 Å². The summed E-state index contributed by atoms with van der Waals surface area (Å²) in [6.45, 7) is 3.82. The highest BCUT2D eigenvalue weighted by atomic mass is 16.7. The Hall–Kier alpha value is -2.95. The predicted molar refractivity (Wildman–Crippen MR) is 83.0 cm³/mol. The van der Waals surface area contributed by atoms with E-state index in [-0.39, 0.29) is 6.61 Å². The second-order valence-corrected chi connectivity index (χ2v) is 5.36. The van der Waals surface area contributed by atoms with Gasteiger partial charge in [0, 0.05) is 26.1 Å². The maximum absolute atomic E-state index is 12.2. The van der Waals surface area contributed by atoms with Crippen LogP contribution in [0, 0.1) is 0 Å². The Balaban J connectivity index is 2.49. The number of ether oxygens (including phenoxy) is 4. The van der Waals surface area contributed by atoms with E-state index in [1.54, 1.807) is 6.92 Å². The molecule has 1 aromatic rings. The van der Waals surface area contributed by atoms with E-state index in [1.165, 1.54) is 0 Å². The van der Waals surface area contributed by atoms with Gasteiger partial charge in [0.15, 0.2) is 24.5 Å². The Morgan fingerprint density at radius 1 is 1.15 bits per heavy atom. The Bertz CT molecular complexity index is 812. The number of nitrogens with zero attached hydrogens (tertiary/aromatic N) is 1. The van der Waals surface area contributed by atoms with Crippen LogP contribution < -0.4 is 11.2 Å². The molecule has 11 heteroatoms. The lowest BCUT2D eigenvalue weighted by molar-refractivity contribution is -0.170. The molecule has 0 spiro atoms. The minimum absolute atomic E-state index is 0.0347. The second kappa shape index (κ2) is 7.95. The topological polar surface area (TPSA) is 143 Å².